The second-order valence-corrected chi connectivity index (χ2v) is 9.86. The number of fused-ring (bicyclic) bond motifs is 1. The van der Waals surface area contributed by atoms with E-state index < -0.39 is 0 Å². The van der Waals surface area contributed by atoms with Crippen LogP contribution in [0.2, 0.25) is 0 Å². The highest BCUT2D eigenvalue weighted by molar-refractivity contribution is 5.77. The molecule has 0 unspecified atom stereocenters. The number of piperidine rings is 1. The predicted octanol–water partition coefficient (Wildman–Crippen LogP) is 3.30. The maximum absolute atomic E-state index is 5.66. The van der Waals surface area contributed by atoms with Crippen LogP contribution in [0.25, 0.3) is 16.9 Å². The minimum atomic E-state index is 0.0356. The standard InChI is InChI=1S/C23H30N8O/c1-22(2)13-16(14-23(3,4)28-22)31-21-19(26-29-31)12-18(25-27-21)17-8-7-15(11-20(17)32-5)30-10-6-9-24-30/h6-12,16,26,28-29H,13-14H2,1-5H3. The van der Waals surface area contributed by atoms with Gasteiger partial charge in [0, 0.05) is 35.1 Å². The summed E-state index contributed by atoms with van der Waals surface area (Å²) in [7, 11) is 1.66. The summed E-state index contributed by atoms with van der Waals surface area (Å²) >= 11 is 0. The summed E-state index contributed by atoms with van der Waals surface area (Å²) in [4.78, 5) is 0. The summed E-state index contributed by atoms with van der Waals surface area (Å²) < 4.78 is 7.46. The molecule has 0 spiro atoms. The molecule has 3 aromatic rings. The zero-order chi connectivity index (χ0) is 22.5. The molecule has 5 rings (SSSR count). The van der Waals surface area contributed by atoms with Gasteiger partial charge in [-0.05, 0) is 64.8 Å². The van der Waals surface area contributed by atoms with E-state index in [0.29, 0.717) is 0 Å². The number of nitrogens with one attached hydrogen (secondary N) is 3. The summed E-state index contributed by atoms with van der Waals surface area (Å²) in [5.41, 5.74) is 10.1. The third-order valence-electron chi connectivity index (χ3n) is 6.08. The minimum absolute atomic E-state index is 0.0356. The fourth-order valence-electron chi connectivity index (χ4n) is 5.13. The molecule has 3 N–H and O–H groups in total. The Hall–Kier alpha value is -3.17. The van der Waals surface area contributed by atoms with Gasteiger partial charge in [-0.3, -0.25) is 10.4 Å². The van der Waals surface area contributed by atoms with Crippen molar-refractivity contribution in [2.24, 2.45) is 0 Å². The Morgan fingerprint density at radius 1 is 1.06 bits per heavy atom. The van der Waals surface area contributed by atoms with Crippen LogP contribution in [0.3, 0.4) is 0 Å². The molecular weight excluding hydrogens is 404 g/mol. The topological polar surface area (TPSA) is 92.2 Å². The lowest BCUT2D eigenvalue weighted by Gasteiger charge is -2.48. The second kappa shape index (κ2) is 7.46. The molecule has 2 aromatic heterocycles. The molecule has 0 amide bonds. The first kappa shape index (κ1) is 20.7. The van der Waals surface area contributed by atoms with Gasteiger partial charge in [0.15, 0.2) is 5.82 Å². The molecule has 0 atom stereocenters. The van der Waals surface area contributed by atoms with Crippen LogP contribution in [-0.4, -0.2) is 44.2 Å². The summed E-state index contributed by atoms with van der Waals surface area (Å²) in [6.45, 7) is 9.00. The first-order valence-electron chi connectivity index (χ1n) is 10.9. The van der Waals surface area contributed by atoms with Crippen LogP contribution in [0.15, 0.2) is 42.7 Å². The average molecular weight is 435 g/mol. The number of nitrogens with zero attached hydrogens (tertiary/aromatic N) is 5. The van der Waals surface area contributed by atoms with E-state index in [2.05, 4.69) is 64.3 Å². The summed E-state index contributed by atoms with van der Waals surface area (Å²) in [6, 6.07) is 10.1. The van der Waals surface area contributed by atoms with Crippen molar-refractivity contribution in [3.63, 3.8) is 0 Å². The van der Waals surface area contributed by atoms with E-state index in [0.717, 1.165) is 47.0 Å². The molecule has 1 saturated heterocycles. The van der Waals surface area contributed by atoms with Crippen molar-refractivity contribution < 1.29 is 4.74 Å². The highest BCUT2D eigenvalue weighted by Gasteiger charge is 2.42. The lowest BCUT2D eigenvalue weighted by atomic mass is 9.79. The Labute approximate surface area is 188 Å². The Balaban J connectivity index is 1.44. The van der Waals surface area contributed by atoms with Gasteiger partial charge in [0.25, 0.3) is 0 Å². The highest BCUT2D eigenvalue weighted by Crippen LogP contribution is 2.38. The van der Waals surface area contributed by atoms with Crippen molar-refractivity contribution in [2.75, 3.05) is 17.5 Å². The Bertz CT molecular complexity index is 1110. The molecule has 168 valence electrons. The molecule has 0 bridgehead atoms. The lowest BCUT2D eigenvalue weighted by molar-refractivity contribution is 0.155. The minimum Gasteiger partial charge on any atom is -0.496 e. The van der Waals surface area contributed by atoms with Gasteiger partial charge in [0.1, 0.15) is 5.75 Å². The number of rotatable bonds is 4. The van der Waals surface area contributed by atoms with E-state index in [4.69, 9.17) is 4.74 Å². The van der Waals surface area contributed by atoms with Gasteiger partial charge in [-0.25, -0.2) is 4.68 Å². The number of methoxy groups -OCH3 is 1. The van der Waals surface area contributed by atoms with Crippen LogP contribution in [0, 0.1) is 0 Å². The largest absolute Gasteiger partial charge is 0.496 e. The zero-order valence-electron chi connectivity index (χ0n) is 19.2. The molecule has 32 heavy (non-hydrogen) atoms. The maximum Gasteiger partial charge on any atom is 0.191 e. The molecule has 1 fully saturated rings. The molecule has 9 heteroatoms. The second-order valence-electron chi connectivity index (χ2n) is 9.86. The van der Waals surface area contributed by atoms with Crippen LogP contribution in [0.1, 0.15) is 40.5 Å². The summed E-state index contributed by atoms with van der Waals surface area (Å²) in [5.74, 6) is 1.54. The number of aromatic nitrogens is 4. The Kier molecular flexibility index (Phi) is 4.83. The maximum atomic E-state index is 5.66. The fraction of sp³-hybridized carbons (Fsp3) is 0.435. The molecular formula is C23H30N8O. The van der Waals surface area contributed by atoms with Crippen LogP contribution in [-0.2, 0) is 0 Å². The Morgan fingerprint density at radius 2 is 1.84 bits per heavy atom. The van der Waals surface area contributed by atoms with E-state index in [-0.39, 0.29) is 17.1 Å². The molecule has 1 aromatic carbocycles. The number of ether oxygens (including phenoxy) is 1. The quantitative estimate of drug-likeness (QED) is 0.576. The summed E-state index contributed by atoms with van der Waals surface area (Å²) in [6.07, 6.45) is 5.64. The van der Waals surface area contributed by atoms with E-state index in [1.807, 2.05) is 36.5 Å². The normalized spacial score (nSPS) is 19.5. The van der Waals surface area contributed by atoms with E-state index in [1.165, 1.54) is 0 Å². The van der Waals surface area contributed by atoms with Gasteiger partial charge < -0.3 is 10.1 Å². The monoisotopic (exact) mass is 434 g/mol. The van der Waals surface area contributed by atoms with Gasteiger partial charge in [-0.15, -0.1) is 15.7 Å². The number of hydrazine groups is 2. The smallest absolute Gasteiger partial charge is 0.191 e. The van der Waals surface area contributed by atoms with Crippen molar-refractivity contribution in [1.29, 1.82) is 0 Å². The van der Waals surface area contributed by atoms with Crippen molar-refractivity contribution in [2.45, 2.75) is 57.7 Å². The summed E-state index contributed by atoms with van der Waals surface area (Å²) in [5, 5.41) is 19.3. The van der Waals surface area contributed by atoms with Crippen molar-refractivity contribution >= 4 is 11.5 Å². The molecule has 4 heterocycles. The molecule has 2 aliphatic rings. The predicted molar refractivity (Wildman–Crippen MR) is 125 cm³/mol. The number of benzene rings is 1. The highest BCUT2D eigenvalue weighted by atomic mass is 16.5. The fourth-order valence-corrected chi connectivity index (χ4v) is 5.13. The van der Waals surface area contributed by atoms with Crippen LogP contribution < -0.4 is 26.0 Å². The molecule has 0 saturated carbocycles. The molecule has 0 aliphatic carbocycles. The number of hydrogen-bond donors (Lipinski definition) is 3. The van der Waals surface area contributed by atoms with Gasteiger partial charge in [-0.1, -0.05) is 0 Å². The van der Waals surface area contributed by atoms with Gasteiger partial charge >= 0.3 is 0 Å². The molecule has 9 nitrogen and oxygen atoms in total. The van der Waals surface area contributed by atoms with Crippen molar-refractivity contribution in [3.8, 4) is 22.7 Å². The molecule has 2 aliphatic heterocycles. The lowest BCUT2D eigenvalue weighted by Crippen LogP contribution is -2.63. The van der Waals surface area contributed by atoms with Gasteiger partial charge in [0.05, 0.1) is 30.2 Å². The number of anilines is 2. The SMILES string of the molecule is COc1cc(-n2cccn2)ccc1-c1cc2c(nn1)N(C1CC(C)(C)NC(C)(C)C1)NN2. The first-order valence-corrected chi connectivity index (χ1v) is 10.9. The van der Waals surface area contributed by atoms with E-state index >= 15 is 0 Å². The van der Waals surface area contributed by atoms with E-state index in [9.17, 15) is 0 Å². The third-order valence-corrected chi connectivity index (χ3v) is 6.08. The van der Waals surface area contributed by atoms with Gasteiger partial charge in [-0.2, -0.15) is 5.10 Å². The third kappa shape index (κ3) is 3.78. The van der Waals surface area contributed by atoms with Crippen molar-refractivity contribution in [1.82, 2.24) is 30.8 Å². The Morgan fingerprint density at radius 3 is 2.53 bits per heavy atom. The zero-order valence-corrected chi connectivity index (χ0v) is 19.2. The number of hydrogen-bond acceptors (Lipinski definition) is 8. The molecule has 0 radical (unpaired) electrons. The average Bonchev–Trinajstić information content (AvgIpc) is 3.40. The van der Waals surface area contributed by atoms with E-state index in [1.54, 1.807) is 18.0 Å². The van der Waals surface area contributed by atoms with Crippen LogP contribution >= 0.6 is 0 Å². The van der Waals surface area contributed by atoms with Crippen LogP contribution in [0.5, 0.6) is 5.75 Å². The van der Waals surface area contributed by atoms with Gasteiger partial charge in [0.2, 0.25) is 0 Å². The first-order chi connectivity index (χ1) is 15.2. The van der Waals surface area contributed by atoms with Crippen LogP contribution in [0.4, 0.5) is 11.5 Å². The van der Waals surface area contributed by atoms with Crippen molar-refractivity contribution in [3.05, 3.63) is 42.7 Å².